The maximum Gasteiger partial charge on any atom is 0.261 e. The molecule has 2 aliphatic heterocycles. The molecule has 2 heterocycles. The van der Waals surface area contributed by atoms with Crippen molar-refractivity contribution < 1.29 is 9.53 Å². The molecule has 2 atom stereocenters. The van der Waals surface area contributed by atoms with Gasteiger partial charge in [0.25, 0.3) is 5.91 Å². The molecule has 1 aromatic rings. The fraction of sp³-hybridized carbons (Fsp3) is 0.500. The molecule has 0 aliphatic carbocycles. The lowest BCUT2D eigenvalue weighted by atomic mass is 10.1. The number of piperidine rings is 1. The van der Waals surface area contributed by atoms with Gasteiger partial charge in [0.15, 0.2) is 6.10 Å². The first-order valence-corrected chi connectivity index (χ1v) is 7.06. The zero-order chi connectivity index (χ0) is 13.2. The van der Waals surface area contributed by atoms with Gasteiger partial charge in [-0.15, -0.1) is 0 Å². The van der Waals surface area contributed by atoms with Crippen molar-refractivity contribution >= 4 is 17.5 Å². The Morgan fingerprint density at radius 2 is 2.37 bits per heavy atom. The number of ether oxygens (including phenoxy) is 1. The quantitative estimate of drug-likeness (QED) is 0.863. The Morgan fingerprint density at radius 3 is 3.16 bits per heavy atom. The summed E-state index contributed by atoms with van der Waals surface area (Å²) in [5.74, 6) is 0.743. The Kier molecular flexibility index (Phi) is 3.62. The Labute approximate surface area is 117 Å². The second-order valence-electron chi connectivity index (χ2n) is 5.11. The van der Waals surface area contributed by atoms with Gasteiger partial charge in [-0.25, -0.2) is 0 Å². The average Bonchev–Trinajstić information content (AvgIpc) is 2.83. The summed E-state index contributed by atoms with van der Waals surface area (Å²) in [5.41, 5.74) is 1.01. The number of carbonyl (C=O) groups is 1. The lowest BCUT2D eigenvalue weighted by molar-refractivity contribution is -0.128. The van der Waals surface area contributed by atoms with Gasteiger partial charge in [0.1, 0.15) is 5.75 Å². The van der Waals surface area contributed by atoms with E-state index in [-0.39, 0.29) is 11.9 Å². The van der Waals surface area contributed by atoms with Gasteiger partial charge < -0.3 is 15.4 Å². The van der Waals surface area contributed by atoms with Gasteiger partial charge in [-0.2, -0.15) is 0 Å². The van der Waals surface area contributed by atoms with Gasteiger partial charge in [-0.3, -0.25) is 4.79 Å². The lowest BCUT2D eigenvalue weighted by Crippen LogP contribution is -2.49. The fourth-order valence-corrected chi connectivity index (χ4v) is 2.83. The molecule has 5 heteroatoms. The SMILES string of the molecule is O=C(N[C@H]1CCCNC1)C1Cc2cc(Cl)ccc2O1. The number of carbonyl (C=O) groups excluding carboxylic acids is 1. The van der Waals surface area contributed by atoms with Crippen molar-refractivity contribution in [3.63, 3.8) is 0 Å². The van der Waals surface area contributed by atoms with Gasteiger partial charge in [-0.05, 0) is 43.1 Å². The fourth-order valence-electron chi connectivity index (χ4n) is 2.63. The minimum atomic E-state index is -0.421. The number of halogens is 1. The molecule has 0 aromatic heterocycles. The summed E-state index contributed by atoms with van der Waals surface area (Å²) >= 11 is 5.94. The monoisotopic (exact) mass is 280 g/mol. The van der Waals surface area contributed by atoms with Crippen LogP contribution in [0.4, 0.5) is 0 Å². The van der Waals surface area contributed by atoms with Gasteiger partial charge in [0.05, 0.1) is 0 Å². The molecule has 1 saturated heterocycles. The molecule has 0 radical (unpaired) electrons. The number of hydrogen-bond donors (Lipinski definition) is 2. The van der Waals surface area contributed by atoms with Crippen molar-refractivity contribution in [2.24, 2.45) is 0 Å². The van der Waals surface area contributed by atoms with Gasteiger partial charge in [0, 0.05) is 24.0 Å². The lowest BCUT2D eigenvalue weighted by Gasteiger charge is -2.25. The van der Waals surface area contributed by atoms with Crippen molar-refractivity contribution in [1.82, 2.24) is 10.6 Å². The third-order valence-corrected chi connectivity index (χ3v) is 3.87. The van der Waals surface area contributed by atoms with Crippen LogP contribution in [0.15, 0.2) is 18.2 Å². The summed E-state index contributed by atoms with van der Waals surface area (Å²) in [6.45, 7) is 1.88. The molecular weight excluding hydrogens is 264 g/mol. The molecule has 1 aromatic carbocycles. The molecule has 0 bridgehead atoms. The molecule has 102 valence electrons. The van der Waals surface area contributed by atoms with Gasteiger partial charge in [0.2, 0.25) is 0 Å². The maximum atomic E-state index is 12.2. The van der Waals surface area contributed by atoms with Crippen LogP contribution in [-0.2, 0) is 11.2 Å². The number of benzene rings is 1. The summed E-state index contributed by atoms with van der Waals surface area (Å²) < 4.78 is 5.67. The van der Waals surface area contributed by atoms with E-state index in [1.165, 1.54) is 0 Å². The predicted molar refractivity (Wildman–Crippen MR) is 73.6 cm³/mol. The maximum absolute atomic E-state index is 12.2. The highest BCUT2D eigenvalue weighted by Gasteiger charge is 2.30. The van der Waals surface area contributed by atoms with Crippen LogP contribution in [0.2, 0.25) is 5.02 Å². The third-order valence-electron chi connectivity index (χ3n) is 3.63. The number of nitrogens with one attached hydrogen (secondary N) is 2. The molecule has 0 saturated carbocycles. The second kappa shape index (κ2) is 5.39. The molecule has 2 N–H and O–H groups in total. The highest BCUT2D eigenvalue weighted by molar-refractivity contribution is 6.30. The normalized spacial score (nSPS) is 25.5. The predicted octanol–water partition coefficient (Wildman–Crippen LogP) is 1.51. The molecular formula is C14H17ClN2O2. The smallest absolute Gasteiger partial charge is 0.261 e. The number of amides is 1. The van der Waals surface area contributed by atoms with Crippen LogP contribution in [0.5, 0.6) is 5.75 Å². The zero-order valence-corrected chi connectivity index (χ0v) is 11.4. The molecule has 1 amide bonds. The molecule has 2 aliphatic rings. The van der Waals surface area contributed by atoms with E-state index >= 15 is 0 Å². The Bertz CT molecular complexity index is 486. The largest absolute Gasteiger partial charge is 0.480 e. The van der Waals surface area contributed by atoms with E-state index < -0.39 is 6.10 Å². The first-order chi connectivity index (χ1) is 9.22. The molecule has 1 unspecified atom stereocenters. The van der Waals surface area contributed by atoms with E-state index in [0.717, 1.165) is 37.2 Å². The molecule has 1 fully saturated rings. The van der Waals surface area contributed by atoms with Crippen molar-refractivity contribution in [2.75, 3.05) is 13.1 Å². The topological polar surface area (TPSA) is 50.4 Å². The van der Waals surface area contributed by atoms with Crippen LogP contribution in [0.25, 0.3) is 0 Å². The summed E-state index contributed by atoms with van der Waals surface area (Å²) in [6, 6.07) is 5.70. The standard InChI is InChI=1S/C14H17ClN2O2/c15-10-3-4-12-9(6-10)7-13(19-12)14(18)17-11-2-1-5-16-8-11/h3-4,6,11,13,16H,1-2,5,7-8H2,(H,17,18)/t11-,13?/m0/s1. The van der Waals surface area contributed by atoms with Crippen LogP contribution in [-0.4, -0.2) is 31.1 Å². The number of rotatable bonds is 2. The van der Waals surface area contributed by atoms with Gasteiger partial charge >= 0.3 is 0 Å². The molecule has 4 nitrogen and oxygen atoms in total. The first kappa shape index (κ1) is 12.8. The minimum absolute atomic E-state index is 0.0268. The molecule has 19 heavy (non-hydrogen) atoms. The Morgan fingerprint density at radius 1 is 1.47 bits per heavy atom. The van der Waals surface area contributed by atoms with E-state index in [4.69, 9.17) is 16.3 Å². The summed E-state index contributed by atoms with van der Waals surface area (Å²) in [6.07, 6.45) is 2.31. The van der Waals surface area contributed by atoms with Crippen LogP contribution in [0.1, 0.15) is 18.4 Å². The molecule has 3 rings (SSSR count). The average molecular weight is 281 g/mol. The van der Waals surface area contributed by atoms with Crippen LogP contribution < -0.4 is 15.4 Å². The van der Waals surface area contributed by atoms with Crippen molar-refractivity contribution in [2.45, 2.75) is 31.4 Å². The van der Waals surface area contributed by atoms with E-state index in [9.17, 15) is 4.79 Å². The zero-order valence-electron chi connectivity index (χ0n) is 10.6. The van der Waals surface area contributed by atoms with Crippen molar-refractivity contribution in [1.29, 1.82) is 0 Å². The van der Waals surface area contributed by atoms with E-state index in [0.29, 0.717) is 11.4 Å². The van der Waals surface area contributed by atoms with E-state index in [1.807, 2.05) is 12.1 Å². The minimum Gasteiger partial charge on any atom is -0.480 e. The summed E-state index contributed by atoms with van der Waals surface area (Å²) in [5, 5.41) is 7.01. The van der Waals surface area contributed by atoms with Crippen LogP contribution in [0.3, 0.4) is 0 Å². The van der Waals surface area contributed by atoms with E-state index in [2.05, 4.69) is 10.6 Å². The number of fused-ring (bicyclic) bond motifs is 1. The number of hydrogen-bond acceptors (Lipinski definition) is 3. The van der Waals surface area contributed by atoms with E-state index in [1.54, 1.807) is 6.07 Å². The van der Waals surface area contributed by atoms with Crippen LogP contribution >= 0.6 is 11.6 Å². The van der Waals surface area contributed by atoms with Crippen LogP contribution in [0, 0.1) is 0 Å². The van der Waals surface area contributed by atoms with Crippen molar-refractivity contribution in [3.05, 3.63) is 28.8 Å². The highest BCUT2D eigenvalue weighted by atomic mass is 35.5. The summed E-state index contributed by atoms with van der Waals surface area (Å²) in [4.78, 5) is 12.2. The third kappa shape index (κ3) is 2.85. The Hall–Kier alpha value is -1.26. The second-order valence-corrected chi connectivity index (χ2v) is 5.55. The summed E-state index contributed by atoms with van der Waals surface area (Å²) in [7, 11) is 0. The van der Waals surface area contributed by atoms with Gasteiger partial charge in [-0.1, -0.05) is 11.6 Å². The Balaban J connectivity index is 1.60. The first-order valence-electron chi connectivity index (χ1n) is 6.68. The van der Waals surface area contributed by atoms with Crippen molar-refractivity contribution in [3.8, 4) is 5.75 Å². The molecule has 0 spiro atoms. The highest BCUT2D eigenvalue weighted by Crippen LogP contribution is 2.31.